The number of pyridine rings is 1. The van der Waals surface area contributed by atoms with Crippen molar-refractivity contribution in [3.8, 4) is 5.75 Å². The number of amides is 3. The van der Waals surface area contributed by atoms with E-state index in [1.807, 2.05) is 51.1 Å². The lowest BCUT2D eigenvalue weighted by Crippen LogP contribution is -2.60. The van der Waals surface area contributed by atoms with Crippen molar-refractivity contribution in [3.05, 3.63) is 55.0 Å². The Balaban J connectivity index is 1.65. The zero-order valence-corrected chi connectivity index (χ0v) is 26.5. The quantitative estimate of drug-likeness (QED) is 0.220. The molecule has 0 spiro atoms. The minimum atomic E-state index is -1.03. The first-order valence-electron chi connectivity index (χ1n) is 15.1. The van der Waals surface area contributed by atoms with Gasteiger partial charge in [0.15, 0.2) is 0 Å². The molecule has 0 unspecified atom stereocenters. The van der Waals surface area contributed by atoms with Crippen LogP contribution in [0.25, 0.3) is 21.8 Å². The molecule has 0 bridgehead atoms. The average Bonchev–Trinajstić information content (AvgIpc) is 3.58. The average molecular weight is 613 g/mol. The Bertz CT molecular complexity index is 1730. The van der Waals surface area contributed by atoms with Crippen molar-refractivity contribution in [1.29, 1.82) is 0 Å². The zero-order chi connectivity index (χ0) is 32.3. The maximum Gasteiger partial charge on any atom is 0.257 e. The van der Waals surface area contributed by atoms with Crippen LogP contribution >= 0.6 is 0 Å². The number of nitrogens with one attached hydrogen (secondary N) is 4. The molecule has 2 aromatic carbocycles. The second-order valence-electron chi connectivity index (χ2n) is 12.2. The monoisotopic (exact) mass is 612 g/mol. The lowest BCUT2D eigenvalue weighted by atomic mass is 9.85. The van der Waals surface area contributed by atoms with Crippen molar-refractivity contribution in [2.24, 2.45) is 5.41 Å². The molecule has 0 aliphatic carbocycles. The summed E-state index contributed by atoms with van der Waals surface area (Å²) in [6, 6.07) is 10.8. The molecule has 4 N–H and O–H groups in total. The Morgan fingerprint density at radius 3 is 2.53 bits per heavy atom. The van der Waals surface area contributed by atoms with E-state index in [1.165, 1.54) is 13.4 Å². The molecule has 1 saturated heterocycles. The summed E-state index contributed by atoms with van der Waals surface area (Å²) in [7, 11) is 3.15. The van der Waals surface area contributed by atoms with Gasteiger partial charge in [0.2, 0.25) is 5.91 Å². The van der Waals surface area contributed by atoms with Gasteiger partial charge in [0.25, 0.3) is 11.8 Å². The number of aromatic nitrogens is 3. The highest BCUT2D eigenvalue weighted by molar-refractivity contribution is 6.20. The van der Waals surface area contributed by atoms with Gasteiger partial charge in [0.1, 0.15) is 23.9 Å². The number of carbonyl (C=O) groups excluding carboxylic acids is 3. The molecule has 0 radical (unpaired) electrons. The van der Waals surface area contributed by atoms with Crippen molar-refractivity contribution in [2.75, 3.05) is 30.9 Å². The third-order valence-corrected chi connectivity index (χ3v) is 8.10. The first-order valence-corrected chi connectivity index (χ1v) is 15.1. The van der Waals surface area contributed by atoms with Crippen molar-refractivity contribution >= 4 is 56.7 Å². The molecule has 1 aliphatic rings. The van der Waals surface area contributed by atoms with Gasteiger partial charge in [0.05, 0.1) is 35.9 Å². The number of nitrogens with zero attached hydrogens (tertiary/aromatic N) is 4. The molecule has 1 fully saturated rings. The summed E-state index contributed by atoms with van der Waals surface area (Å²) in [5.74, 6) is -0.590. The molecule has 45 heavy (non-hydrogen) atoms. The lowest BCUT2D eigenvalue weighted by Gasteiger charge is -2.36. The number of hydrogen-bond acceptors (Lipinski definition) is 10. The fourth-order valence-electron chi connectivity index (χ4n) is 5.42. The normalized spacial score (nSPS) is 16.3. The van der Waals surface area contributed by atoms with Gasteiger partial charge in [-0.05, 0) is 69.1 Å². The van der Waals surface area contributed by atoms with Crippen LogP contribution in [0.2, 0.25) is 0 Å². The van der Waals surface area contributed by atoms with E-state index in [4.69, 9.17) is 4.74 Å². The maximum absolute atomic E-state index is 14.6. The standard InChI is InChI=1S/C33H40N8O4/c1-19(34-5)30(42)40-28(33(2,3)4)32(44)41(31(43)24-13-9-15-36-24)26-16-21-25(17-27(26)45-6)37-18-38-29(21)39-23-12-7-11-22-20(23)10-8-14-35-22/h7-8,10-12,14,16-19,24,28,34,36H,9,13,15H2,1-6H3,(H,40,42)(H,37,38,39)/t19-,24-,28+/m0/s1. The Kier molecular flexibility index (Phi) is 9.26. The van der Waals surface area contributed by atoms with E-state index in [2.05, 4.69) is 36.2 Å². The summed E-state index contributed by atoms with van der Waals surface area (Å²) in [4.78, 5) is 56.4. The van der Waals surface area contributed by atoms with Gasteiger partial charge >= 0.3 is 0 Å². The van der Waals surface area contributed by atoms with Crippen LogP contribution in [0.3, 0.4) is 0 Å². The van der Waals surface area contributed by atoms with E-state index >= 15 is 0 Å². The van der Waals surface area contributed by atoms with Gasteiger partial charge in [-0.3, -0.25) is 19.4 Å². The van der Waals surface area contributed by atoms with E-state index in [1.54, 1.807) is 32.3 Å². The minimum absolute atomic E-state index is 0.233. The zero-order valence-electron chi connectivity index (χ0n) is 26.5. The molecule has 3 atom stereocenters. The fraction of sp³-hybridized carbons (Fsp3) is 0.394. The summed E-state index contributed by atoms with van der Waals surface area (Å²) in [6.45, 7) is 7.92. The van der Waals surface area contributed by atoms with Crippen molar-refractivity contribution in [3.63, 3.8) is 0 Å². The van der Waals surface area contributed by atoms with Gasteiger partial charge in [-0.1, -0.05) is 26.8 Å². The number of benzene rings is 2. The molecule has 3 amide bonds. The molecule has 236 valence electrons. The molecule has 2 aromatic heterocycles. The van der Waals surface area contributed by atoms with Crippen LogP contribution in [0.4, 0.5) is 17.2 Å². The Labute approximate surface area is 262 Å². The molecular formula is C33H40N8O4. The molecule has 3 heterocycles. The second kappa shape index (κ2) is 13.1. The maximum atomic E-state index is 14.6. The number of anilines is 3. The predicted molar refractivity (Wildman–Crippen MR) is 175 cm³/mol. The highest BCUT2D eigenvalue weighted by atomic mass is 16.5. The Morgan fingerprint density at radius 1 is 1.04 bits per heavy atom. The molecule has 12 nitrogen and oxygen atoms in total. The first-order chi connectivity index (χ1) is 21.5. The van der Waals surface area contributed by atoms with Crippen LogP contribution in [-0.4, -0.2) is 71.5 Å². The lowest BCUT2D eigenvalue weighted by molar-refractivity contribution is -0.134. The van der Waals surface area contributed by atoms with Crippen LogP contribution in [0.5, 0.6) is 5.75 Å². The Hall–Kier alpha value is -4.68. The molecule has 12 heteroatoms. The topological polar surface area (TPSA) is 150 Å². The number of imide groups is 1. The summed E-state index contributed by atoms with van der Waals surface area (Å²) in [6.07, 6.45) is 4.55. The highest BCUT2D eigenvalue weighted by Crippen LogP contribution is 2.38. The van der Waals surface area contributed by atoms with Gasteiger partial charge in [-0.25, -0.2) is 14.9 Å². The van der Waals surface area contributed by atoms with Crippen LogP contribution in [0.15, 0.2) is 55.0 Å². The summed E-state index contributed by atoms with van der Waals surface area (Å²) < 4.78 is 5.76. The number of hydrogen-bond donors (Lipinski definition) is 4. The number of likely N-dealkylation sites (N-methyl/N-ethyl adjacent to an activating group) is 1. The van der Waals surface area contributed by atoms with Crippen molar-refractivity contribution in [2.45, 2.75) is 58.7 Å². The first kappa shape index (κ1) is 31.7. The number of methoxy groups -OCH3 is 1. The number of rotatable bonds is 9. The smallest absolute Gasteiger partial charge is 0.257 e. The van der Waals surface area contributed by atoms with Gasteiger partial charge in [-0.2, -0.15) is 0 Å². The second-order valence-corrected chi connectivity index (χ2v) is 12.2. The third-order valence-electron chi connectivity index (χ3n) is 8.10. The van der Waals surface area contributed by atoms with Gasteiger partial charge in [-0.15, -0.1) is 0 Å². The van der Waals surface area contributed by atoms with E-state index < -0.39 is 35.4 Å². The van der Waals surface area contributed by atoms with Crippen LogP contribution in [-0.2, 0) is 14.4 Å². The van der Waals surface area contributed by atoms with Crippen LogP contribution in [0.1, 0.15) is 40.5 Å². The summed E-state index contributed by atoms with van der Waals surface area (Å²) in [5.41, 5.74) is 1.65. The molecule has 4 aromatic rings. The number of ether oxygens (including phenoxy) is 1. The molecular weight excluding hydrogens is 572 g/mol. The van der Waals surface area contributed by atoms with E-state index in [0.29, 0.717) is 29.7 Å². The summed E-state index contributed by atoms with van der Waals surface area (Å²) in [5, 5.41) is 13.9. The third kappa shape index (κ3) is 6.57. The van der Waals surface area contributed by atoms with Crippen LogP contribution < -0.4 is 30.9 Å². The number of fused-ring (bicyclic) bond motifs is 2. The molecule has 5 rings (SSSR count). The molecule has 1 aliphatic heterocycles. The van der Waals surface area contributed by atoms with E-state index in [9.17, 15) is 14.4 Å². The van der Waals surface area contributed by atoms with E-state index in [-0.39, 0.29) is 17.3 Å². The van der Waals surface area contributed by atoms with Crippen LogP contribution in [0, 0.1) is 5.41 Å². The summed E-state index contributed by atoms with van der Waals surface area (Å²) >= 11 is 0. The SMILES string of the molecule is CN[C@@H](C)C(=O)N[C@H](C(=O)N(C(=O)[C@@H]1CCCN1)c1cc2c(Nc3cccc4ncccc34)ncnc2cc1OC)C(C)(C)C. The van der Waals surface area contributed by atoms with Crippen molar-refractivity contribution < 1.29 is 19.1 Å². The van der Waals surface area contributed by atoms with E-state index in [0.717, 1.165) is 27.9 Å². The molecule has 0 saturated carbocycles. The Morgan fingerprint density at radius 2 is 1.84 bits per heavy atom. The minimum Gasteiger partial charge on any atom is -0.494 e. The van der Waals surface area contributed by atoms with Gasteiger partial charge in [0, 0.05) is 28.7 Å². The number of carbonyl (C=O) groups is 3. The van der Waals surface area contributed by atoms with Gasteiger partial charge < -0.3 is 26.0 Å². The highest BCUT2D eigenvalue weighted by Gasteiger charge is 2.42. The predicted octanol–water partition coefficient (Wildman–Crippen LogP) is 3.68. The fourth-order valence-corrected chi connectivity index (χ4v) is 5.42. The van der Waals surface area contributed by atoms with Crippen molar-refractivity contribution in [1.82, 2.24) is 30.9 Å². The largest absolute Gasteiger partial charge is 0.494 e.